The number of nitrogens with zero attached hydrogens (tertiary/aromatic N) is 1. The van der Waals surface area contributed by atoms with Crippen LogP contribution in [0.4, 0.5) is 14.9 Å². The molecule has 1 aliphatic rings. The molecule has 8 nitrogen and oxygen atoms in total. The summed E-state index contributed by atoms with van der Waals surface area (Å²) in [5, 5.41) is 11.1. The van der Waals surface area contributed by atoms with E-state index in [0.29, 0.717) is 19.4 Å². The van der Waals surface area contributed by atoms with Crippen molar-refractivity contribution < 1.29 is 23.9 Å². The van der Waals surface area contributed by atoms with Crippen LogP contribution in [-0.2, 0) is 9.59 Å². The number of carbonyl (C=O) groups excluding carboxylic acids is 2. The maximum Gasteiger partial charge on any atom is 0.325 e. The molecular formula is C15H19FN4O4. The average Bonchev–Trinajstić information content (AvgIpc) is 3.03. The van der Waals surface area contributed by atoms with Crippen molar-refractivity contribution in [3.8, 4) is 0 Å². The second-order valence-corrected chi connectivity index (χ2v) is 5.45. The molecule has 1 heterocycles. The summed E-state index contributed by atoms with van der Waals surface area (Å²) in [6.45, 7) is 1.68. The minimum atomic E-state index is -1.16. The van der Waals surface area contributed by atoms with E-state index in [4.69, 9.17) is 5.11 Å². The molecule has 2 rings (SSSR count). The second kappa shape index (κ2) is 7.62. The molecule has 1 fully saturated rings. The SMILES string of the molecule is C[C@H](NC(=O)N1CCCC1C(=O)NNc1ccccc1F)C(=O)O. The van der Waals surface area contributed by atoms with Crippen LogP contribution in [0, 0.1) is 5.82 Å². The highest BCUT2D eigenvalue weighted by Gasteiger charge is 2.35. The summed E-state index contributed by atoms with van der Waals surface area (Å²) in [7, 11) is 0. The van der Waals surface area contributed by atoms with Crippen molar-refractivity contribution >= 4 is 23.6 Å². The fourth-order valence-corrected chi connectivity index (χ4v) is 2.39. The van der Waals surface area contributed by atoms with Gasteiger partial charge in [0.25, 0.3) is 5.91 Å². The lowest BCUT2D eigenvalue weighted by Gasteiger charge is -2.25. The Bertz CT molecular complexity index is 640. The lowest BCUT2D eigenvalue weighted by atomic mass is 10.2. The number of carboxylic acids is 1. The molecule has 3 amide bonds. The van der Waals surface area contributed by atoms with Crippen molar-refractivity contribution in [1.82, 2.24) is 15.6 Å². The van der Waals surface area contributed by atoms with Crippen LogP contribution in [0.5, 0.6) is 0 Å². The number of amides is 3. The number of nitrogens with one attached hydrogen (secondary N) is 3. The van der Waals surface area contributed by atoms with E-state index in [1.165, 1.54) is 30.0 Å². The van der Waals surface area contributed by atoms with Gasteiger partial charge in [0.2, 0.25) is 0 Å². The van der Waals surface area contributed by atoms with Gasteiger partial charge in [-0.15, -0.1) is 0 Å². The van der Waals surface area contributed by atoms with E-state index in [0.717, 1.165) is 0 Å². The monoisotopic (exact) mass is 338 g/mol. The van der Waals surface area contributed by atoms with Crippen molar-refractivity contribution in [2.45, 2.75) is 31.8 Å². The predicted molar refractivity (Wildman–Crippen MR) is 83.5 cm³/mol. The maximum absolute atomic E-state index is 13.5. The van der Waals surface area contributed by atoms with Crippen LogP contribution < -0.4 is 16.2 Å². The minimum absolute atomic E-state index is 0.111. The van der Waals surface area contributed by atoms with E-state index in [9.17, 15) is 18.8 Å². The van der Waals surface area contributed by atoms with Gasteiger partial charge in [0.05, 0.1) is 5.69 Å². The quantitative estimate of drug-likeness (QED) is 0.597. The Balaban J connectivity index is 1.94. The van der Waals surface area contributed by atoms with E-state index < -0.39 is 35.8 Å². The highest BCUT2D eigenvalue weighted by Crippen LogP contribution is 2.18. The van der Waals surface area contributed by atoms with E-state index in [1.54, 1.807) is 6.07 Å². The normalized spacial score (nSPS) is 17.9. The third kappa shape index (κ3) is 4.12. The van der Waals surface area contributed by atoms with E-state index in [2.05, 4.69) is 16.2 Å². The summed E-state index contributed by atoms with van der Waals surface area (Å²) in [6.07, 6.45) is 1.06. The maximum atomic E-state index is 13.5. The summed E-state index contributed by atoms with van der Waals surface area (Å²) in [4.78, 5) is 36.4. The van der Waals surface area contributed by atoms with Crippen LogP contribution in [0.1, 0.15) is 19.8 Å². The largest absolute Gasteiger partial charge is 0.480 e. The summed E-state index contributed by atoms with van der Waals surface area (Å²) in [5.41, 5.74) is 4.97. The second-order valence-electron chi connectivity index (χ2n) is 5.45. The van der Waals surface area contributed by atoms with Gasteiger partial charge in [-0.25, -0.2) is 9.18 Å². The number of rotatable bonds is 5. The number of benzene rings is 1. The number of carboxylic acid groups (broad SMARTS) is 1. The van der Waals surface area contributed by atoms with Gasteiger partial charge in [-0.3, -0.25) is 20.4 Å². The number of hydrogen-bond acceptors (Lipinski definition) is 4. The Morgan fingerprint density at radius 3 is 2.71 bits per heavy atom. The van der Waals surface area contributed by atoms with Crippen LogP contribution >= 0.6 is 0 Å². The first-order chi connectivity index (χ1) is 11.4. The average molecular weight is 338 g/mol. The number of aliphatic carboxylic acids is 1. The Morgan fingerprint density at radius 2 is 2.04 bits per heavy atom. The summed E-state index contributed by atoms with van der Waals surface area (Å²) >= 11 is 0. The number of carbonyl (C=O) groups is 3. The molecule has 1 aromatic rings. The number of likely N-dealkylation sites (tertiary alicyclic amines) is 1. The van der Waals surface area contributed by atoms with Crippen molar-refractivity contribution in [1.29, 1.82) is 0 Å². The number of halogens is 1. The molecule has 1 unspecified atom stereocenters. The number of para-hydroxylation sites is 1. The van der Waals surface area contributed by atoms with E-state index in [-0.39, 0.29) is 5.69 Å². The van der Waals surface area contributed by atoms with Crippen molar-refractivity contribution in [3.05, 3.63) is 30.1 Å². The number of hydrogen-bond donors (Lipinski definition) is 4. The zero-order chi connectivity index (χ0) is 17.7. The molecule has 4 N–H and O–H groups in total. The van der Waals surface area contributed by atoms with Crippen LogP contribution in [0.25, 0.3) is 0 Å². The summed E-state index contributed by atoms with van der Waals surface area (Å²) in [6, 6.07) is 3.42. The van der Waals surface area contributed by atoms with Gasteiger partial charge < -0.3 is 15.3 Å². The van der Waals surface area contributed by atoms with Crippen LogP contribution in [0.15, 0.2) is 24.3 Å². The van der Waals surface area contributed by atoms with Crippen molar-refractivity contribution in [3.63, 3.8) is 0 Å². The molecule has 2 atom stereocenters. The molecule has 1 saturated heterocycles. The molecule has 0 spiro atoms. The van der Waals surface area contributed by atoms with Gasteiger partial charge in [0.1, 0.15) is 17.9 Å². The molecule has 1 aromatic carbocycles. The van der Waals surface area contributed by atoms with Gasteiger partial charge in [-0.1, -0.05) is 12.1 Å². The number of hydrazine groups is 1. The Kier molecular flexibility index (Phi) is 5.56. The standard InChI is InChI=1S/C15H19FN4O4/c1-9(14(22)23)17-15(24)20-8-4-7-12(20)13(21)19-18-11-6-3-2-5-10(11)16/h2-3,5-6,9,12,18H,4,7-8H2,1H3,(H,17,24)(H,19,21)(H,22,23)/t9-,12?/m0/s1. The van der Waals surface area contributed by atoms with E-state index >= 15 is 0 Å². The lowest BCUT2D eigenvalue weighted by molar-refractivity contribution is -0.138. The van der Waals surface area contributed by atoms with Crippen LogP contribution in [0.2, 0.25) is 0 Å². The van der Waals surface area contributed by atoms with Gasteiger partial charge in [-0.05, 0) is 31.9 Å². The molecule has 24 heavy (non-hydrogen) atoms. The fourth-order valence-electron chi connectivity index (χ4n) is 2.39. The number of anilines is 1. The van der Waals surface area contributed by atoms with Gasteiger partial charge in [-0.2, -0.15) is 0 Å². The van der Waals surface area contributed by atoms with Crippen molar-refractivity contribution in [2.24, 2.45) is 0 Å². The predicted octanol–water partition coefficient (Wildman–Crippen LogP) is 0.916. The molecule has 0 bridgehead atoms. The van der Waals surface area contributed by atoms with Crippen LogP contribution in [0.3, 0.4) is 0 Å². The molecule has 0 aromatic heterocycles. The van der Waals surface area contributed by atoms with E-state index in [1.807, 2.05) is 0 Å². The Labute approximate surface area is 138 Å². The Hall–Kier alpha value is -2.84. The highest BCUT2D eigenvalue weighted by molar-refractivity contribution is 5.89. The number of urea groups is 1. The molecule has 0 radical (unpaired) electrons. The first kappa shape index (κ1) is 17.5. The third-order valence-corrected chi connectivity index (χ3v) is 3.72. The zero-order valence-electron chi connectivity index (χ0n) is 13.1. The third-order valence-electron chi connectivity index (χ3n) is 3.72. The Morgan fingerprint density at radius 1 is 1.33 bits per heavy atom. The van der Waals surface area contributed by atoms with Gasteiger partial charge >= 0.3 is 12.0 Å². The van der Waals surface area contributed by atoms with Gasteiger partial charge in [0.15, 0.2) is 0 Å². The lowest BCUT2D eigenvalue weighted by Crippen LogP contribution is -2.53. The van der Waals surface area contributed by atoms with Crippen molar-refractivity contribution in [2.75, 3.05) is 12.0 Å². The molecule has 130 valence electrons. The van der Waals surface area contributed by atoms with Crippen LogP contribution in [-0.4, -0.2) is 46.5 Å². The smallest absolute Gasteiger partial charge is 0.325 e. The first-order valence-electron chi connectivity index (χ1n) is 7.50. The molecular weight excluding hydrogens is 319 g/mol. The molecule has 0 saturated carbocycles. The summed E-state index contributed by atoms with van der Waals surface area (Å²) in [5.74, 6) is -2.17. The van der Waals surface area contributed by atoms with Gasteiger partial charge in [0, 0.05) is 6.54 Å². The molecule has 9 heteroatoms. The molecule has 0 aliphatic carbocycles. The summed E-state index contributed by atoms with van der Waals surface area (Å²) < 4.78 is 13.5. The molecule has 1 aliphatic heterocycles. The minimum Gasteiger partial charge on any atom is -0.480 e. The first-order valence-corrected chi connectivity index (χ1v) is 7.50. The highest BCUT2D eigenvalue weighted by atomic mass is 19.1. The topological polar surface area (TPSA) is 111 Å². The zero-order valence-corrected chi connectivity index (χ0v) is 13.1. The fraction of sp³-hybridized carbons (Fsp3) is 0.400.